The number of primary amides is 1. The molecule has 0 saturated heterocycles. The Kier molecular flexibility index (Phi) is 6.74. The van der Waals surface area contributed by atoms with E-state index >= 15 is 0 Å². The number of hydrogen-bond acceptors (Lipinski definition) is 4. The van der Waals surface area contributed by atoms with E-state index < -0.39 is 5.91 Å². The lowest BCUT2D eigenvalue weighted by atomic mass is 9.86. The third kappa shape index (κ3) is 5.01. The van der Waals surface area contributed by atoms with E-state index in [4.69, 9.17) is 18.0 Å². The summed E-state index contributed by atoms with van der Waals surface area (Å²) >= 11 is 6.60. The predicted molar refractivity (Wildman–Crippen MR) is 102 cm³/mol. The quantitative estimate of drug-likeness (QED) is 0.694. The summed E-state index contributed by atoms with van der Waals surface area (Å²) in [7, 11) is 0. The topological polar surface area (TPSA) is 84.2 Å². The second-order valence-corrected chi connectivity index (χ2v) is 8.03. The van der Waals surface area contributed by atoms with Crippen LogP contribution in [0.15, 0.2) is 0 Å². The van der Waals surface area contributed by atoms with E-state index in [9.17, 15) is 9.59 Å². The van der Waals surface area contributed by atoms with Crippen LogP contribution in [0.3, 0.4) is 0 Å². The number of nitrogens with two attached hydrogens (primary N) is 1. The van der Waals surface area contributed by atoms with E-state index in [2.05, 4.69) is 10.6 Å². The molecule has 0 unspecified atom stereocenters. The van der Waals surface area contributed by atoms with Gasteiger partial charge in [-0.25, -0.2) is 0 Å². The van der Waals surface area contributed by atoms with Crippen molar-refractivity contribution in [2.45, 2.75) is 58.8 Å². The zero-order chi connectivity index (χ0) is 17.7. The second kappa shape index (κ2) is 8.58. The molecule has 1 aromatic heterocycles. The Morgan fingerprint density at radius 3 is 2.54 bits per heavy atom. The van der Waals surface area contributed by atoms with Crippen LogP contribution in [0.25, 0.3) is 0 Å². The molecule has 1 aromatic rings. The van der Waals surface area contributed by atoms with Gasteiger partial charge in [0.1, 0.15) is 5.00 Å². The van der Waals surface area contributed by atoms with Gasteiger partial charge in [0.05, 0.1) is 5.56 Å². The third-order valence-electron chi connectivity index (χ3n) is 4.62. The van der Waals surface area contributed by atoms with E-state index in [-0.39, 0.29) is 11.0 Å². The minimum atomic E-state index is -0.495. The highest BCUT2D eigenvalue weighted by Crippen LogP contribution is 2.32. The Bertz CT molecular complexity index is 634. The van der Waals surface area contributed by atoms with Crippen molar-refractivity contribution in [1.82, 2.24) is 5.32 Å². The summed E-state index contributed by atoms with van der Waals surface area (Å²) in [4.78, 5) is 24.6. The van der Waals surface area contributed by atoms with Gasteiger partial charge in [0.15, 0.2) is 5.11 Å². The van der Waals surface area contributed by atoms with Crippen LogP contribution in [0, 0.1) is 19.8 Å². The summed E-state index contributed by atoms with van der Waals surface area (Å²) in [5, 5.41) is 6.45. The van der Waals surface area contributed by atoms with Crippen molar-refractivity contribution in [2.75, 3.05) is 5.32 Å². The van der Waals surface area contributed by atoms with E-state index in [0.717, 1.165) is 16.9 Å². The molecule has 1 fully saturated rings. The average Bonchev–Trinajstić information content (AvgIpc) is 2.80. The van der Waals surface area contributed by atoms with Crippen LogP contribution in [0.4, 0.5) is 5.00 Å². The summed E-state index contributed by atoms with van der Waals surface area (Å²) in [6, 6.07) is 0. The lowest BCUT2D eigenvalue weighted by molar-refractivity contribution is -0.120. The number of amides is 2. The van der Waals surface area contributed by atoms with Crippen molar-refractivity contribution >= 4 is 45.5 Å². The van der Waals surface area contributed by atoms with Gasteiger partial charge < -0.3 is 16.4 Å². The zero-order valence-electron chi connectivity index (χ0n) is 14.2. The molecule has 0 bridgehead atoms. The van der Waals surface area contributed by atoms with Crippen molar-refractivity contribution in [1.29, 1.82) is 0 Å². The Balaban J connectivity index is 1.85. The Hall–Kier alpha value is -1.47. The van der Waals surface area contributed by atoms with Gasteiger partial charge in [-0.15, -0.1) is 11.3 Å². The molecule has 7 heteroatoms. The van der Waals surface area contributed by atoms with Crippen LogP contribution in [0.1, 0.15) is 65.7 Å². The number of anilines is 1. The number of hydrogen-bond donors (Lipinski definition) is 3. The largest absolute Gasteiger partial charge is 0.365 e. The van der Waals surface area contributed by atoms with Crippen molar-refractivity contribution in [3.63, 3.8) is 0 Å². The molecule has 0 atom stereocenters. The number of aryl methyl sites for hydroxylation is 1. The van der Waals surface area contributed by atoms with Gasteiger partial charge in [0.25, 0.3) is 5.91 Å². The SMILES string of the molecule is Cc1sc(NC(=S)NC(=O)CCC2CCCCC2)c(C(N)=O)c1C. The normalized spacial score (nSPS) is 15.1. The molecule has 0 aromatic carbocycles. The first-order chi connectivity index (χ1) is 11.4. The van der Waals surface area contributed by atoms with Crippen LogP contribution in [-0.2, 0) is 4.79 Å². The van der Waals surface area contributed by atoms with Gasteiger partial charge in [0, 0.05) is 11.3 Å². The summed E-state index contributed by atoms with van der Waals surface area (Å²) in [5.41, 5.74) is 6.72. The number of thiocarbonyl (C=S) groups is 1. The lowest BCUT2D eigenvalue weighted by Gasteiger charge is -2.21. The zero-order valence-corrected chi connectivity index (χ0v) is 15.9. The summed E-state index contributed by atoms with van der Waals surface area (Å²) in [6.07, 6.45) is 7.73. The molecule has 1 aliphatic rings. The summed E-state index contributed by atoms with van der Waals surface area (Å²) < 4.78 is 0. The van der Waals surface area contributed by atoms with Gasteiger partial charge in [-0.3, -0.25) is 9.59 Å². The molecule has 4 N–H and O–H groups in total. The number of carbonyl (C=O) groups is 2. The highest BCUT2D eigenvalue weighted by Gasteiger charge is 2.19. The summed E-state index contributed by atoms with van der Waals surface area (Å²) in [5.74, 6) is 0.0876. The molecule has 24 heavy (non-hydrogen) atoms. The van der Waals surface area contributed by atoms with Gasteiger partial charge in [-0.1, -0.05) is 32.1 Å². The Morgan fingerprint density at radius 2 is 1.92 bits per heavy atom. The van der Waals surface area contributed by atoms with Crippen LogP contribution in [0.5, 0.6) is 0 Å². The lowest BCUT2D eigenvalue weighted by Crippen LogP contribution is -2.34. The fraction of sp³-hybridized carbons (Fsp3) is 0.588. The van der Waals surface area contributed by atoms with Crippen molar-refractivity contribution in [2.24, 2.45) is 11.7 Å². The van der Waals surface area contributed by atoms with E-state index in [1.54, 1.807) is 0 Å². The van der Waals surface area contributed by atoms with E-state index in [1.165, 1.54) is 43.4 Å². The first-order valence-corrected chi connectivity index (χ1v) is 9.61. The number of nitrogens with one attached hydrogen (secondary N) is 2. The molecular weight excluding hydrogens is 342 g/mol. The Morgan fingerprint density at radius 1 is 1.25 bits per heavy atom. The minimum absolute atomic E-state index is 0.0799. The fourth-order valence-electron chi connectivity index (χ4n) is 3.15. The van der Waals surface area contributed by atoms with E-state index in [1.807, 2.05) is 13.8 Å². The molecule has 132 valence electrons. The molecule has 5 nitrogen and oxygen atoms in total. The van der Waals surface area contributed by atoms with Crippen LogP contribution in [0.2, 0.25) is 0 Å². The number of thiophene rings is 1. The van der Waals surface area contributed by atoms with Crippen molar-refractivity contribution < 1.29 is 9.59 Å². The van der Waals surface area contributed by atoms with Crippen molar-refractivity contribution in [3.05, 3.63) is 16.0 Å². The molecule has 1 aliphatic carbocycles. The minimum Gasteiger partial charge on any atom is -0.365 e. The maximum atomic E-state index is 12.1. The maximum Gasteiger partial charge on any atom is 0.251 e. The molecule has 0 aliphatic heterocycles. The highest BCUT2D eigenvalue weighted by atomic mass is 32.1. The molecule has 1 saturated carbocycles. The van der Waals surface area contributed by atoms with Gasteiger partial charge >= 0.3 is 0 Å². The van der Waals surface area contributed by atoms with Gasteiger partial charge in [0.2, 0.25) is 5.91 Å². The van der Waals surface area contributed by atoms with E-state index in [0.29, 0.717) is 22.9 Å². The first-order valence-electron chi connectivity index (χ1n) is 8.39. The molecule has 2 amide bonds. The number of rotatable bonds is 5. The predicted octanol–water partition coefficient (Wildman–Crippen LogP) is 3.64. The fourth-order valence-corrected chi connectivity index (χ4v) is 4.50. The number of carbonyl (C=O) groups excluding carboxylic acids is 2. The first kappa shape index (κ1) is 18.9. The summed E-state index contributed by atoms with van der Waals surface area (Å²) in [6.45, 7) is 3.77. The van der Waals surface area contributed by atoms with Crippen LogP contribution >= 0.6 is 23.6 Å². The van der Waals surface area contributed by atoms with Gasteiger partial charge in [-0.2, -0.15) is 0 Å². The second-order valence-electron chi connectivity index (χ2n) is 6.40. The van der Waals surface area contributed by atoms with Crippen LogP contribution < -0.4 is 16.4 Å². The molecule has 0 radical (unpaired) electrons. The molecule has 1 heterocycles. The smallest absolute Gasteiger partial charge is 0.251 e. The maximum absolute atomic E-state index is 12.1. The third-order valence-corrected chi connectivity index (χ3v) is 5.94. The van der Waals surface area contributed by atoms with Crippen LogP contribution in [-0.4, -0.2) is 16.9 Å². The highest BCUT2D eigenvalue weighted by molar-refractivity contribution is 7.80. The molecule has 0 spiro atoms. The molecule has 2 rings (SSSR count). The monoisotopic (exact) mass is 367 g/mol. The Labute approximate surface area is 152 Å². The van der Waals surface area contributed by atoms with Crippen molar-refractivity contribution in [3.8, 4) is 0 Å². The van der Waals surface area contributed by atoms with Gasteiger partial charge in [-0.05, 0) is 44.0 Å². The molecular formula is C17H25N3O2S2. The standard InChI is InChI=1S/C17H25N3O2S2/c1-10-11(2)24-16(14(10)15(18)22)20-17(23)19-13(21)9-8-12-6-4-3-5-7-12/h12H,3-9H2,1-2H3,(H2,18,22)(H2,19,20,21,23). The average molecular weight is 368 g/mol.